The first kappa shape index (κ1) is 12.8. The number of benzene rings is 2. The van der Waals surface area contributed by atoms with Crippen LogP contribution in [0.2, 0.25) is 0 Å². The Morgan fingerprint density at radius 2 is 1.67 bits per heavy atom. The average molecular weight is 278 g/mol. The van der Waals surface area contributed by atoms with E-state index >= 15 is 0 Å². The van der Waals surface area contributed by atoms with Gasteiger partial charge >= 0.3 is 0 Å². The molecular weight excluding hydrogens is 256 g/mol. The topological polar surface area (TPSA) is 15.3 Å². The molecule has 1 aliphatic carbocycles. The van der Waals surface area contributed by atoms with Crippen LogP contribution in [-0.4, -0.2) is 13.1 Å². The summed E-state index contributed by atoms with van der Waals surface area (Å²) in [7, 11) is 0. The summed E-state index contributed by atoms with van der Waals surface area (Å²) in [6.45, 7) is 2.42. The fraction of sp³-hybridized carbons (Fsp3) is 0.368. The van der Waals surface area contributed by atoms with Crippen molar-refractivity contribution in [2.75, 3.05) is 23.3 Å². The smallest absolute Gasteiger partial charge is 0.0519 e. The van der Waals surface area contributed by atoms with E-state index in [0.29, 0.717) is 6.04 Å². The number of fused-ring (bicyclic) bond motifs is 1. The maximum Gasteiger partial charge on any atom is 0.0519 e. The Bertz CT molecular complexity index is 612. The lowest BCUT2D eigenvalue weighted by Crippen LogP contribution is -2.17. The Balaban J connectivity index is 1.48. The van der Waals surface area contributed by atoms with E-state index in [1.807, 2.05) is 0 Å². The minimum Gasteiger partial charge on any atom is -0.378 e. The highest BCUT2D eigenvalue weighted by Gasteiger charge is 2.21. The lowest BCUT2D eigenvalue weighted by molar-refractivity contribution is 0.762. The van der Waals surface area contributed by atoms with Gasteiger partial charge in [-0.3, -0.25) is 0 Å². The van der Waals surface area contributed by atoms with Gasteiger partial charge in [0, 0.05) is 24.5 Å². The lowest BCUT2D eigenvalue weighted by atomic mass is 10.1. The lowest BCUT2D eigenvalue weighted by Gasteiger charge is -2.19. The third-order valence-electron chi connectivity index (χ3n) is 4.81. The number of anilines is 2. The maximum absolute atomic E-state index is 3.70. The molecule has 2 aromatic carbocycles. The number of aryl methyl sites for hydroxylation is 1. The summed E-state index contributed by atoms with van der Waals surface area (Å²) in [5.41, 5.74) is 5.58. The molecule has 2 heteroatoms. The molecule has 0 spiro atoms. The van der Waals surface area contributed by atoms with Gasteiger partial charge in [0.15, 0.2) is 0 Å². The second-order valence-corrected chi connectivity index (χ2v) is 6.18. The summed E-state index contributed by atoms with van der Waals surface area (Å²) < 4.78 is 0. The summed E-state index contributed by atoms with van der Waals surface area (Å²) in [5.74, 6) is 0. The average Bonchev–Trinajstić information content (AvgIpc) is 3.19. The van der Waals surface area contributed by atoms with Crippen LogP contribution >= 0.6 is 0 Å². The molecule has 2 aromatic rings. The molecule has 1 fully saturated rings. The summed E-state index contributed by atoms with van der Waals surface area (Å²) >= 11 is 0. The molecule has 0 saturated carbocycles. The molecule has 1 unspecified atom stereocenters. The van der Waals surface area contributed by atoms with Gasteiger partial charge < -0.3 is 10.2 Å². The Morgan fingerprint density at radius 3 is 2.48 bits per heavy atom. The van der Waals surface area contributed by atoms with Gasteiger partial charge in [0.25, 0.3) is 0 Å². The monoisotopic (exact) mass is 278 g/mol. The molecule has 2 nitrogen and oxygen atoms in total. The fourth-order valence-corrected chi connectivity index (χ4v) is 3.65. The van der Waals surface area contributed by atoms with Crippen LogP contribution in [0.3, 0.4) is 0 Å². The number of hydrogen-bond acceptors (Lipinski definition) is 2. The van der Waals surface area contributed by atoms with Crippen LogP contribution < -0.4 is 10.2 Å². The minimum absolute atomic E-state index is 0.471. The molecule has 2 aliphatic rings. The van der Waals surface area contributed by atoms with E-state index in [1.165, 1.54) is 61.3 Å². The molecule has 1 saturated heterocycles. The first-order valence-electron chi connectivity index (χ1n) is 8.09. The summed E-state index contributed by atoms with van der Waals surface area (Å²) in [6.07, 6.45) is 5.06. The van der Waals surface area contributed by atoms with E-state index < -0.39 is 0 Å². The normalized spacial score (nSPS) is 20.6. The van der Waals surface area contributed by atoms with E-state index in [-0.39, 0.29) is 0 Å². The van der Waals surface area contributed by atoms with Gasteiger partial charge in [-0.25, -0.2) is 0 Å². The highest BCUT2D eigenvalue weighted by molar-refractivity contribution is 5.56. The van der Waals surface area contributed by atoms with Gasteiger partial charge in [-0.15, -0.1) is 0 Å². The third kappa shape index (κ3) is 2.51. The van der Waals surface area contributed by atoms with Crippen molar-refractivity contribution in [2.24, 2.45) is 0 Å². The van der Waals surface area contributed by atoms with Crippen LogP contribution in [0.25, 0.3) is 0 Å². The van der Waals surface area contributed by atoms with E-state index in [1.54, 1.807) is 0 Å². The number of hydrogen-bond donors (Lipinski definition) is 1. The molecule has 108 valence electrons. The largest absolute Gasteiger partial charge is 0.378 e. The zero-order valence-electron chi connectivity index (χ0n) is 12.4. The second-order valence-electron chi connectivity index (χ2n) is 6.18. The van der Waals surface area contributed by atoms with Crippen molar-refractivity contribution in [3.63, 3.8) is 0 Å². The van der Waals surface area contributed by atoms with Gasteiger partial charge in [-0.2, -0.15) is 0 Å². The zero-order chi connectivity index (χ0) is 14.1. The molecular formula is C19H22N2. The molecule has 21 heavy (non-hydrogen) atoms. The van der Waals surface area contributed by atoms with Crippen molar-refractivity contribution in [2.45, 2.75) is 31.7 Å². The summed E-state index contributed by atoms with van der Waals surface area (Å²) in [6, 6.07) is 18.3. The molecule has 1 atom stereocenters. The van der Waals surface area contributed by atoms with Crippen LogP contribution in [0.15, 0.2) is 48.5 Å². The quantitative estimate of drug-likeness (QED) is 0.896. The molecule has 1 N–H and O–H groups in total. The maximum atomic E-state index is 3.70. The molecule has 4 rings (SSSR count). The summed E-state index contributed by atoms with van der Waals surface area (Å²) in [4.78, 5) is 2.48. The van der Waals surface area contributed by atoms with Gasteiger partial charge in [-0.05, 0) is 61.1 Å². The molecule has 0 radical (unpaired) electrons. The van der Waals surface area contributed by atoms with Crippen molar-refractivity contribution in [3.05, 3.63) is 59.7 Å². The number of nitrogens with zero attached hydrogens (tertiary/aromatic N) is 1. The van der Waals surface area contributed by atoms with Crippen molar-refractivity contribution in [1.29, 1.82) is 0 Å². The first-order valence-corrected chi connectivity index (χ1v) is 8.09. The van der Waals surface area contributed by atoms with Crippen LogP contribution in [0.5, 0.6) is 0 Å². The first-order chi connectivity index (χ1) is 10.4. The van der Waals surface area contributed by atoms with E-state index in [0.717, 1.165) is 0 Å². The van der Waals surface area contributed by atoms with Crippen LogP contribution in [0.4, 0.5) is 11.4 Å². The Hall–Kier alpha value is -1.96. The molecule has 0 aromatic heterocycles. The summed E-state index contributed by atoms with van der Waals surface area (Å²) in [5, 5.41) is 3.70. The predicted octanol–water partition coefficient (Wildman–Crippen LogP) is 4.39. The Labute approximate surface area is 126 Å². The van der Waals surface area contributed by atoms with Crippen LogP contribution in [0, 0.1) is 0 Å². The zero-order valence-corrected chi connectivity index (χ0v) is 12.4. The standard InChI is InChI=1S/C19H22N2/c1-2-6-18-15(5-1)7-12-19(18)20-16-8-10-17(11-9-16)21-13-3-4-14-21/h1-2,5-6,8-11,19-20H,3-4,7,12-14H2. The SMILES string of the molecule is c1ccc2c(c1)CCC2Nc1ccc(N2CCCC2)cc1. The highest BCUT2D eigenvalue weighted by atomic mass is 15.1. The van der Waals surface area contributed by atoms with Gasteiger partial charge in [0.1, 0.15) is 0 Å². The highest BCUT2D eigenvalue weighted by Crippen LogP contribution is 2.34. The molecule has 0 bridgehead atoms. The van der Waals surface area contributed by atoms with E-state index in [2.05, 4.69) is 58.7 Å². The van der Waals surface area contributed by atoms with Crippen molar-refractivity contribution >= 4 is 11.4 Å². The molecule has 0 amide bonds. The number of rotatable bonds is 3. The van der Waals surface area contributed by atoms with Crippen LogP contribution in [-0.2, 0) is 6.42 Å². The van der Waals surface area contributed by atoms with Crippen molar-refractivity contribution in [1.82, 2.24) is 0 Å². The Morgan fingerprint density at radius 1 is 0.905 bits per heavy atom. The second kappa shape index (κ2) is 5.44. The minimum atomic E-state index is 0.471. The Kier molecular flexibility index (Phi) is 3.30. The van der Waals surface area contributed by atoms with Gasteiger partial charge in [0.2, 0.25) is 0 Å². The molecule has 1 heterocycles. The van der Waals surface area contributed by atoms with Gasteiger partial charge in [0.05, 0.1) is 6.04 Å². The fourth-order valence-electron chi connectivity index (χ4n) is 3.65. The third-order valence-corrected chi connectivity index (χ3v) is 4.81. The van der Waals surface area contributed by atoms with Crippen LogP contribution in [0.1, 0.15) is 36.4 Å². The van der Waals surface area contributed by atoms with Gasteiger partial charge in [-0.1, -0.05) is 24.3 Å². The predicted molar refractivity (Wildman–Crippen MR) is 89.0 cm³/mol. The van der Waals surface area contributed by atoms with E-state index in [4.69, 9.17) is 0 Å². The number of nitrogens with one attached hydrogen (secondary N) is 1. The van der Waals surface area contributed by atoms with E-state index in [9.17, 15) is 0 Å². The van der Waals surface area contributed by atoms with Crippen molar-refractivity contribution < 1.29 is 0 Å². The molecule has 1 aliphatic heterocycles. The van der Waals surface area contributed by atoms with Crippen molar-refractivity contribution in [3.8, 4) is 0 Å².